The third-order valence-corrected chi connectivity index (χ3v) is 3.53. The molecule has 0 aromatic heterocycles. The van der Waals surface area contributed by atoms with E-state index in [-0.39, 0.29) is 0 Å². The lowest BCUT2D eigenvalue weighted by molar-refractivity contribution is 0.0247. The second-order valence-electron chi connectivity index (χ2n) is 6.34. The Morgan fingerprint density at radius 1 is 1.32 bits per heavy atom. The van der Waals surface area contributed by atoms with Gasteiger partial charge in [-0.1, -0.05) is 23.7 Å². The van der Waals surface area contributed by atoms with Gasteiger partial charge in [0.25, 0.3) is 0 Å². The number of carbonyl (C=O) groups excluding carboxylic acids is 1. The second kappa shape index (κ2) is 8.37. The molecule has 0 heterocycles. The molecule has 0 fully saturated rings. The molecule has 0 aliphatic rings. The number of aryl methyl sites for hydroxylation is 1. The minimum atomic E-state index is -0.557. The summed E-state index contributed by atoms with van der Waals surface area (Å²) >= 11 is 6.11. The molecule has 1 amide bonds. The van der Waals surface area contributed by atoms with Crippen LogP contribution in [0.15, 0.2) is 18.2 Å². The molecular weight excluding hydrogens is 305 g/mol. The van der Waals surface area contributed by atoms with Gasteiger partial charge in [0, 0.05) is 18.1 Å². The Morgan fingerprint density at radius 2 is 2.00 bits per heavy atom. The molecule has 0 radical (unpaired) electrons. The van der Waals surface area contributed by atoms with Crippen LogP contribution in [-0.2, 0) is 11.2 Å². The van der Waals surface area contributed by atoms with E-state index in [1.165, 1.54) is 0 Å². The van der Waals surface area contributed by atoms with E-state index in [1.807, 2.05) is 45.9 Å². The number of nitrogens with zero attached hydrogens (tertiary/aromatic N) is 1. The minimum Gasteiger partial charge on any atom is -0.444 e. The zero-order chi connectivity index (χ0) is 16.8. The fourth-order valence-corrected chi connectivity index (χ4v) is 2.13. The van der Waals surface area contributed by atoms with Gasteiger partial charge in [0.15, 0.2) is 0 Å². The van der Waals surface area contributed by atoms with Crippen molar-refractivity contribution in [3.8, 4) is 0 Å². The van der Waals surface area contributed by atoms with Crippen LogP contribution in [0.5, 0.6) is 0 Å². The molecule has 124 valence electrons. The first-order valence-electron chi connectivity index (χ1n) is 7.52. The Balaban J connectivity index is 2.67. The van der Waals surface area contributed by atoms with Gasteiger partial charge in [0.2, 0.25) is 0 Å². The highest BCUT2D eigenvalue weighted by Gasteiger charge is 2.21. The van der Waals surface area contributed by atoms with E-state index in [9.17, 15) is 9.18 Å². The van der Waals surface area contributed by atoms with Crippen molar-refractivity contribution >= 4 is 17.7 Å². The molecule has 1 aromatic rings. The zero-order valence-electron chi connectivity index (χ0n) is 13.8. The maximum Gasteiger partial charge on any atom is 0.410 e. The first-order valence-corrected chi connectivity index (χ1v) is 7.89. The van der Waals surface area contributed by atoms with Crippen molar-refractivity contribution in [1.29, 1.82) is 0 Å². The summed E-state index contributed by atoms with van der Waals surface area (Å²) in [7, 11) is 0. The summed E-state index contributed by atoms with van der Waals surface area (Å²) < 4.78 is 17.8. The number of hydrogen-bond acceptors (Lipinski definition) is 2. The van der Waals surface area contributed by atoms with Crippen LogP contribution in [0.3, 0.4) is 0 Å². The Hall–Kier alpha value is -1.29. The number of benzene rings is 1. The van der Waals surface area contributed by atoms with E-state index >= 15 is 0 Å². The molecule has 5 heteroatoms. The van der Waals surface area contributed by atoms with Gasteiger partial charge in [0.05, 0.1) is 6.67 Å². The predicted molar refractivity (Wildman–Crippen MR) is 88.3 cm³/mol. The number of hydrogen-bond donors (Lipinski definition) is 0. The third kappa shape index (κ3) is 6.65. The monoisotopic (exact) mass is 329 g/mol. The summed E-state index contributed by atoms with van der Waals surface area (Å²) in [5.41, 5.74) is 1.51. The van der Waals surface area contributed by atoms with Crippen molar-refractivity contribution < 1.29 is 13.9 Å². The molecular formula is C17H25ClFNO2. The van der Waals surface area contributed by atoms with Crippen molar-refractivity contribution in [3.05, 3.63) is 34.3 Å². The highest BCUT2D eigenvalue weighted by molar-refractivity contribution is 6.31. The van der Waals surface area contributed by atoms with Gasteiger partial charge >= 0.3 is 6.09 Å². The summed E-state index contributed by atoms with van der Waals surface area (Å²) in [6, 6.07) is 5.85. The van der Waals surface area contributed by atoms with Gasteiger partial charge in [-0.15, -0.1) is 0 Å². The number of amides is 1. The molecule has 0 bridgehead atoms. The zero-order valence-corrected chi connectivity index (χ0v) is 14.5. The first kappa shape index (κ1) is 18.8. The first-order chi connectivity index (χ1) is 10.2. The Bertz CT molecular complexity index is 500. The van der Waals surface area contributed by atoms with Gasteiger partial charge in [-0.25, -0.2) is 4.79 Å². The molecule has 0 atom stereocenters. The molecule has 1 rings (SSSR count). The van der Waals surface area contributed by atoms with E-state index in [0.29, 0.717) is 31.0 Å². The molecule has 0 saturated heterocycles. The predicted octanol–water partition coefficient (Wildman–Crippen LogP) is 4.79. The largest absolute Gasteiger partial charge is 0.444 e. The van der Waals surface area contributed by atoms with Crippen LogP contribution < -0.4 is 0 Å². The smallest absolute Gasteiger partial charge is 0.410 e. The van der Waals surface area contributed by atoms with Crippen LogP contribution in [0.1, 0.15) is 38.3 Å². The Labute approximate surface area is 137 Å². The Kier molecular flexibility index (Phi) is 7.14. The van der Waals surface area contributed by atoms with E-state index < -0.39 is 18.4 Å². The minimum absolute atomic E-state index is 0.313. The molecule has 0 aliphatic carbocycles. The van der Waals surface area contributed by atoms with E-state index in [2.05, 4.69) is 0 Å². The fourth-order valence-electron chi connectivity index (χ4n) is 1.93. The van der Waals surface area contributed by atoms with Crippen molar-refractivity contribution in [2.75, 3.05) is 19.8 Å². The fraction of sp³-hybridized carbons (Fsp3) is 0.588. The van der Waals surface area contributed by atoms with Gasteiger partial charge in [-0.2, -0.15) is 0 Å². The van der Waals surface area contributed by atoms with Crippen LogP contribution in [0.4, 0.5) is 9.18 Å². The summed E-state index contributed by atoms with van der Waals surface area (Å²) in [6.45, 7) is 7.78. The quantitative estimate of drug-likeness (QED) is 0.751. The average Bonchev–Trinajstić information content (AvgIpc) is 2.40. The lowest BCUT2D eigenvalue weighted by atomic mass is 10.1. The molecule has 3 nitrogen and oxygen atoms in total. The van der Waals surface area contributed by atoms with Gasteiger partial charge < -0.3 is 9.64 Å². The molecule has 22 heavy (non-hydrogen) atoms. The van der Waals surface area contributed by atoms with Gasteiger partial charge in [-0.05, 0) is 57.7 Å². The molecule has 1 aromatic carbocycles. The van der Waals surface area contributed by atoms with Crippen molar-refractivity contribution in [3.63, 3.8) is 0 Å². The van der Waals surface area contributed by atoms with Crippen molar-refractivity contribution in [1.82, 2.24) is 4.90 Å². The maximum atomic E-state index is 12.4. The lowest BCUT2D eigenvalue weighted by Crippen LogP contribution is -2.38. The molecule has 0 saturated carbocycles. The van der Waals surface area contributed by atoms with E-state index in [0.717, 1.165) is 11.1 Å². The lowest BCUT2D eigenvalue weighted by Gasteiger charge is -2.27. The average molecular weight is 330 g/mol. The molecule has 0 unspecified atom stereocenters. The summed E-state index contributed by atoms with van der Waals surface area (Å²) in [5, 5.41) is 0.713. The van der Waals surface area contributed by atoms with Crippen LogP contribution in [0, 0.1) is 6.92 Å². The SMILES string of the molecule is Cc1ccc(CCN(CCCF)C(=O)OC(C)(C)C)cc1Cl. The maximum absolute atomic E-state index is 12.4. The number of ether oxygens (including phenoxy) is 1. The van der Waals surface area contributed by atoms with Crippen LogP contribution >= 0.6 is 11.6 Å². The number of halogens is 2. The van der Waals surface area contributed by atoms with E-state index in [1.54, 1.807) is 4.90 Å². The summed E-state index contributed by atoms with van der Waals surface area (Å²) in [4.78, 5) is 13.7. The summed E-state index contributed by atoms with van der Waals surface area (Å²) in [5.74, 6) is 0. The number of rotatable bonds is 6. The molecule has 0 N–H and O–H groups in total. The Morgan fingerprint density at radius 3 is 2.55 bits per heavy atom. The van der Waals surface area contributed by atoms with Crippen molar-refractivity contribution in [2.45, 2.75) is 46.1 Å². The standard InChI is InChI=1S/C17H25ClFNO2/c1-13-6-7-14(12-15(13)18)8-11-20(10-5-9-19)16(21)22-17(2,3)4/h6-7,12H,5,8-11H2,1-4H3. The topological polar surface area (TPSA) is 29.5 Å². The number of alkyl halides is 1. The van der Waals surface area contributed by atoms with Crippen molar-refractivity contribution in [2.24, 2.45) is 0 Å². The normalized spacial score (nSPS) is 11.4. The van der Waals surface area contributed by atoms with E-state index in [4.69, 9.17) is 16.3 Å². The molecule has 0 spiro atoms. The van der Waals surface area contributed by atoms with Crippen LogP contribution in [0.2, 0.25) is 5.02 Å². The molecule has 0 aliphatic heterocycles. The van der Waals surface area contributed by atoms with Crippen LogP contribution in [0.25, 0.3) is 0 Å². The van der Waals surface area contributed by atoms with Gasteiger partial charge in [-0.3, -0.25) is 4.39 Å². The number of carbonyl (C=O) groups is 1. The summed E-state index contributed by atoms with van der Waals surface area (Å²) in [6.07, 6.45) is 0.568. The highest BCUT2D eigenvalue weighted by Crippen LogP contribution is 2.18. The van der Waals surface area contributed by atoms with Crippen LogP contribution in [-0.4, -0.2) is 36.4 Å². The van der Waals surface area contributed by atoms with Gasteiger partial charge in [0.1, 0.15) is 5.60 Å². The third-order valence-electron chi connectivity index (χ3n) is 3.12. The highest BCUT2D eigenvalue weighted by atomic mass is 35.5. The second-order valence-corrected chi connectivity index (χ2v) is 6.75.